The van der Waals surface area contributed by atoms with E-state index in [2.05, 4.69) is 20.3 Å². The third-order valence-electron chi connectivity index (χ3n) is 3.67. The molecule has 22 heavy (non-hydrogen) atoms. The fourth-order valence-corrected chi connectivity index (χ4v) is 2.47. The monoisotopic (exact) mass is 301 g/mol. The first kappa shape index (κ1) is 14.5. The third-order valence-corrected chi connectivity index (χ3v) is 3.67. The highest BCUT2D eigenvalue weighted by atomic mass is 16.5. The molecule has 0 spiro atoms. The summed E-state index contributed by atoms with van der Waals surface area (Å²) in [5, 5.41) is 7.11. The van der Waals surface area contributed by atoms with Crippen molar-refractivity contribution in [2.24, 2.45) is 0 Å². The normalized spacial score (nSPS) is 15.6. The molecule has 0 saturated carbocycles. The molecule has 2 aromatic rings. The van der Waals surface area contributed by atoms with E-state index < -0.39 is 0 Å². The van der Waals surface area contributed by atoms with Crippen LogP contribution in [0.25, 0.3) is 0 Å². The van der Waals surface area contributed by atoms with Crippen LogP contribution < -0.4 is 10.1 Å². The van der Waals surface area contributed by atoms with E-state index in [4.69, 9.17) is 4.74 Å². The van der Waals surface area contributed by atoms with E-state index >= 15 is 0 Å². The maximum Gasteiger partial charge on any atom is 0.234 e. The van der Waals surface area contributed by atoms with E-state index in [-0.39, 0.29) is 5.91 Å². The van der Waals surface area contributed by atoms with Crippen LogP contribution in [0.3, 0.4) is 0 Å². The van der Waals surface area contributed by atoms with Crippen LogP contribution in [-0.4, -0.2) is 52.3 Å². The predicted molar refractivity (Wildman–Crippen MR) is 80.4 cm³/mol. The second-order valence-electron chi connectivity index (χ2n) is 5.24. The van der Waals surface area contributed by atoms with Gasteiger partial charge in [0, 0.05) is 13.1 Å². The van der Waals surface area contributed by atoms with Crippen LogP contribution in [-0.2, 0) is 17.9 Å². The zero-order chi connectivity index (χ0) is 15.4. The average Bonchev–Trinajstić information content (AvgIpc) is 2.95. The molecule has 1 amide bonds. The lowest BCUT2D eigenvalue weighted by Crippen LogP contribution is -2.47. The lowest BCUT2D eigenvalue weighted by Gasteiger charge is -2.25. The van der Waals surface area contributed by atoms with Crippen LogP contribution in [0.4, 0.5) is 0 Å². The summed E-state index contributed by atoms with van der Waals surface area (Å²) < 4.78 is 7.03. The Morgan fingerprint density at radius 3 is 2.82 bits per heavy atom. The highest BCUT2D eigenvalue weighted by Gasteiger charge is 2.18. The third kappa shape index (κ3) is 3.43. The van der Waals surface area contributed by atoms with Crippen molar-refractivity contribution >= 4 is 5.91 Å². The smallest absolute Gasteiger partial charge is 0.234 e. The molecule has 0 bridgehead atoms. The second-order valence-corrected chi connectivity index (χ2v) is 5.24. The molecule has 1 N–H and O–H groups in total. The summed E-state index contributed by atoms with van der Waals surface area (Å²) in [6.45, 7) is 3.21. The average molecular weight is 301 g/mol. The fourth-order valence-electron chi connectivity index (χ4n) is 2.47. The Balaban J connectivity index is 1.67. The number of aromatic nitrogens is 3. The van der Waals surface area contributed by atoms with Gasteiger partial charge in [0.15, 0.2) is 0 Å². The minimum Gasteiger partial charge on any atom is -0.497 e. The minimum absolute atomic E-state index is 0.0625. The summed E-state index contributed by atoms with van der Waals surface area (Å²) in [6.07, 6.45) is 1.56. The number of ether oxygens (including phenoxy) is 1. The number of carbonyl (C=O) groups is 1. The maximum atomic E-state index is 11.4. The summed E-state index contributed by atoms with van der Waals surface area (Å²) in [5.41, 5.74) is 1.13. The molecule has 116 valence electrons. The van der Waals surface area contributed by atoms with Gasteiger partial charge in [0.2, 0.25) is 5.91 Å². The molecule has 1 fully saturated rings. The molecular formula is C15H19N5O2. The topological polar surface area (TPSA) is 72.3 Å². The number of carbonyl (C=O) groups excluding carboxylic acids is 1. The quantitative estimate of drug-likeness (QED) is 0.858. The molecule has 0 unspecified atom stereocenters. The van der Waals surface area contributed by atoms with Crippen LogP contribution in [0.5, 0.6) is 5.75 Å². The molecule has 3 rings (SSSR count). The first-order chi connectivity index (χ1) is 10.7. The second kappa shape index (κ2) is 6.57. The fraction of sp³-hybridized carbons (Fsp3) is 0.400. The molecule has 1 aliphatic rings. The van der Waals surface area contributed by atoms with Crippen molar-refractivity contribution in [3.8, 4) is 5.75 Å². The van der Waals surface area contributed by atoms with Crippen molar-refractivity contribution < 1.29 is 9.53 Å². The van der Waals surface area contributed by atoms with Crippen LogP contribution in [0.15, 0.2) is 30.6 Å². The molecule has 1 aromatic heterocycles. The molecule has 0 atom stereocenters. The van der Waals surface area contributed by atoms with Gasteiger partial charge < -0.3 is 10.1 Å². The minimum atomic E-state index is 0.0625. The zero-order valence-corrected chi connectivity index (χ0v) is 12.5. The number of rotatable bonds is 5. The van der Waals surface area contributed by atoms with E-state index in [1.165, 1.54) is 0 Å². The largest absolute Gasteiger partial charge is 0.497 e. The molecule has 0 radical (unpaired) electrons. The van der Waals surface area contributed by atoms with Gasteiger partial charge in [-0.15, -0.1) is 0 Å². The van der Waals surface area contributed by atoms with E-state index in [9.17, 15) is 4.79 Å². The van der Waals surface area contributed by atoms with Crippen LogP contribution in [0, 0.1) is 0 Å². The Labute approximate surface area is 128 Å². The number of hydrogen-bond donors (Lipinski definition) is 1. The maximum absolute atomic E-state index is 11.4. The number of amides is 1. The van der Waals surface area contributed by atoms with E-state index in [1.54, 1.807) is 13.4 Å². The molecular weight excluding hydrogens is 282 g/mol. The van der Waals surface area contributed by atoms with Gasteiger partial charge in [-0.2, -0.15) is 5.10 Å². The van der Waals surface area contributed by atoms with Gasteiger partial charge in [-0.3, -0.25) is 9.69 Å². The highest BCUT2D eigenvalue weighted by molar-refractivity contribution is 5.78. The molecule has 1 aromatic carbocycles. The summed E-state index contributed by atoms with van der Waals surface area (Å²) in [5.74, 6) is 1.76. The van der Waals surface area contributed by atoms with Crippen LogP contribution in [0.1, 0.15) is 11.4 Å². The van der Waals surface area contributed by atoms with Gasteiger partial charge in [-0.05, 0) is 17.7 Å². The summed E-state index contributed by atoms with van der Waals surface area (Å²) in [4.78, 5) is 17.8. The summed E-state index contributed by atoms with van der Waals surface area (Å²) in [6, 6.07) is 7.89. The molecule has 0 aliphatic carbocycles. The molecule has 1 saturated heterocycles. The standard InChI is InChI=1S/C15H19N5O2/c1-22-13-4-2-12(3-5-13)8-20-14(17-11-18-20)9-19-7-6-16-15(21)10-19/h2-5,11H,6-10H2,1H3,(H,16,21). The van der Waals surface area contributed by atoms with Crippen LogP contribution >= 0.6 is 0 Å². The van der Waals surface area contributed by atoms with Crippen molar-refractivity contribution in [1.82, 2.24) is 25.0 Å². The number of benzene rings is 1. The van der Waals surface area contributed by atoms with Crippen molar-refractivity contribution in [2.45, 2.75) is 13.1 Å². The van der Waals surface area contributed by atoms with E-state index in [0.717, 1.165) is 23.7 Å². The van der Waals surface area contributed by atoms with Gasteiger partial charge >= 0.3 is 0 Å². The molecule has 7 nitrogen and oxygen atoms in total. The van der Waals surface area contributed by atoms with Crippen molar-refractivity contribution in [3.63, 3.8) is 0 Å². The number of hydrogen-bond acceptors (Lipinski definition) is 5. The zero-order valence-electron chi connectivity index (χ0n) is 12.5. The van der Waals surface area contributed by atoms with Crippen molar-refractivity contribution in [1.29, 1.82) is 0 Å². The Bertz CT molecular complexity index is 638. The SMILES string of the molecule is COc1ccc(Cn2ncnc2CN2CCNC(=O)C2)cc1. The Morgan fingerprint density at radius 2 is 2.09 bits per heavy atom. The van der Waals surface area contributed by atoms with E-state index in [0.29, 0.717) is 26.2 Å². The first-order valence-electron chi connectivity index (χ1n) is 7.23. The van der Waals surface area contributed by atoms with Gasteiger partial charge in [-0.25, -0.2) is 9.67 Å². The van der Waals surface area contributed by atoms with Gasteiger partial charge in [0.1, 0.15) is 17.9 Å². The van der Waals surface area contributed by atoms with Gasteiger partial charge in [0.25, 0.3) is 0 Å². The van der Waals surface area contributed by atoms with Crippen molar-refractivity contribution in [2.75, 3.05) is 26.7 Å². The Morgan fingerprint density at radius 1 is 1.27 bits per heavy atom. The van der Waals surface area contributed by atoms with Crippen molar-refractivity contribution in [3.05, 3.63) is 42.0 Å². The van der Waals surface area contributed by atoms with Crippen LogP contribution in [0.2, 0.25) is 0 Å². The highest BCUT2D eigenvalue weighted by Crippen LogP contribution is 2.13. The Hall–Kier alpha value is -2.41. The molecule has 2 heterocycles. The van der Waals surface area contributed by atoms with Gasteiger partial charge in [-0.1, -0.05) is 12.1 Å². The number of nitrogens with one attached hydrogen (secondary N) is 1. The number of piperazine rings is 1. The Kier molecular flexibility index (Phi) is 4.34. The molecule has 1 aliphatic heterocycles. The predicted octanol–water partition coefficient (Wildman–Crippen LogP) is 0.267. The number of methoxy groups -OCH3 is 1. The van der Waals surface area contributed by atoms with E-state index in [1.807, 2.05) is 28.9 Å². The number of nitrogens with zero attached hydrogens (tertiary/aromatic N) is 4. The molecule has 7 heteroatoms. The lowest BCUT2D eigenvalue weighted by molar-refractivity contribution is -0.124. The lowest BCUT2D eigenvalue weighted by atomic mass is 10.2. The first-order valence-corrected chi connectivity index (χ1v) is 7.23. The van der Waals surface area contributed by atoms with Gasteiger partial charge in [0.05, 0.1) is 26.7 Å². The summed E-state index contributed by atoms with van der Waals surface area (Å²) >= 11 is 0. The summed E-state index contributed by atoms with van der Waals surface area (Å²) in [7, 11) is 1.65.